The Labute approximate surface area is 88.3 Å². The number of halogens is 3. The molecule has 1 rings (SSSR count). The lowest BCUT2D eigenvalue weighted by atomic mass is 10.1. The molecule has 0 aliphatic rings. The molecule has 0 saturated carbocycles. The van der Waals surface area contributed by atoms with Gasteiger partial charge < -0.3 is 9.90 Å². The van der Waals surface area contributed by atoms with E-state index < -0.39 is 33.0 Å². The van der Waals surface area contributed by atoms with E-state index in [-0.39, 0.29) is 0 Å². The molecule has 6 heteroatoms. The number of carboxylic acid groups (broad SMARTS) is 1. The maximum absolute atomic E-state index is 12.9. The molecule has 0 radical (unpaired) electrons. The van der Waals surface area contributed by atoms with Gasteiger partial charge in [-0.3, -0.25) is 0 Å². The van der Waals surface area contributed by atoms with Gasteiger partial charge in [0, 0.05) is 5.56 Å². The van der Waals surface area contributed by atoms with Gasteiger partial charge in [0.1, 0.15) is 11.9 Å². The fourth-order valence-corrected chi connectivity index (χ4v) is 1.36. The third-order valence-electron chi connectivity index (χ3n) is 1.49. The fraction of sp³-hybridized carbons (Fsp3) is 0. The third-order valence-corrected chi connectivity index (χ3v) is 2.25. The van der Waals surface area contributed by atoms with Crippen molar-refractivity contribution in [3.63, 3.8) is 0 Å². The van der Waals surface area contributed by atoms with Crippen molar-refractivity contribution in [1.29, 1.82) is 5.26 Å². The molecule has 0 unspecified atom stereocenters. The van der Waals surface area contributed by atoms with Crippen LogP contribution in [-0.4, -0.2) is 5.97 Å². The van der Waals surface area contributed by atoms with Gasteiger partial charge in [0.15, 0.2) is 0 Å². The number of rotatable bonds is 1. The number of carbonyl (C=O) groups excluding carboxylic acids is 1. The highest BCUT2D eigenvalue weighted by Gasteiger charge is 2.15. The summed E-state index contributed by atoms with van der Waals surface area (Å²) in [6.45, 7) is 0. The van der Waals surface area contributed by atoms with Crippen molar-refractivity contribution in [3.8, 4) is 6.07 Å². The largest absolute Gasteiger partial charge is 0.545 e. The number of benzene rings is 1. The van der Waals surface area contributed by atoms with Crippen LogP contribution in [0, 0.1) is 17.1 Å². The fourth-order valence-electron chi connectivity index (χ4n) is 0.851. The van der Waals surface area contributed by atoms with Crippen LogP contribution in [0.5, 0.6) is 0 Å². The molecule has 0 heterocycles. The normalized spacial score (nSPS) is 9.57. The van der Waals surface area contributed by atoms with Gasteiger partial charge in [0.2, 0.25) is 0 Å². The third kappa shape index (κ3) is 1.65. The Morgan fingerprint density at radius 1 is 1.50 bits per heavy atom. The Kier molecular flexibility index (Phi) is 2.94. The van der Waals surface area contributed by atoms with Gasteiger partial charge in [-0.05, 0) is 6.07 Å². The van der Waals surface area contributed by atoms with E-state index in [0.29, 0.717) is 6.07 Å². The molecule has 72 valence electrons. The highest BCUT2D eigenvalue weighted by molar-refractivity contribution is 6.38. The van der Waals surface area contributed by atoms with Crippen molar-refractivity contribution in [2.75, 3.05) is 0 Å². The molecule has 0 aliphatic carbocycles. The number of nitriles is 1. The molecule has 0 bridgehead atoms. The van der Waals surface area contributed by atoms with E-state index in [9.17, 15) is 14.3 Å². The minimum absolute atomic E-state index is 0.410. The Morgan fingerprint density at radius 3 is 2.50 bits per heavy atom. The highest BCUT2D eigenvalue weighted by Crippen LogP contribution is 2.29. The van der Waals surface area contributed by atoms with E-state index in [1.54, 1.807) is 0 Å². The van der Waals surface area contributed by atoms with Gasteiger partial charge in [0.25, 0.3) is 0 Å². The van der Waals surface area contributed by atoms with E-state index >= 15 is 0 Å². The molecule has 0 aromatic heterocycles. The summed E-state index contributed by atoms with van der Waals surface area (Å²) in [6.07, 6.45) is 0. The van der Waals surface area contributed by atoms with Crippen molar-refractivity contribution in [1.82, 2.24) is 0 Å². The molecule has 0 amide bonds. The van der Waals surface area contributed by atoms with Gasteiger partial charge >= 0.3 is 0 Å². The van der Waals surface area contributed by atoms with E-state index in [4.69, 9.17) is 28.5 Å². The smallest absolute Gasteiger partial charge is 0.143 e. The molecule has 0 saturated heterocycles. The van der Waals surface area contributed by atoms with Crippen molar-refractivity contribution in [3.05, 3.63) is 33.1 Å². The Balaban J connectivity index is 3.61. The highest BCUT2D eigenvalue weighted by atomic mass is 35.5. The lowest BCUT2D eigenvalue weighted by Crippen LogP contribution is -2.23. The summed E-state index contributed by atoms with van der Waals surface area (Å²) >= 11 is 10.9. The first kappa shape index (κ1) is 10.8. The first-order valence-electron chi connectivity index (χ1n) is 3.28. The van der Waals surface area contributed by atoms with Crippen molar-refractivity contribution < 1.29 is 14.3 Å². The van der Waals surface area contributed by atoms with Gasteiger partial charge in [-0.1, -0.05) is 23.2 Å². The van der Waals surface area contributed by atoms with Crippen molar-refractivity contribution in [2.45, 2.75) is 0 Å². The summed E-state index contributed by atoms with van der Waals surface area (Å²) in [6, 6.07) is 2.12. The molecular formula is C8HCl2FNO2-. The zero-order valence-corrected chi connectivity index (χ0v) is 7.99. The number of aromatic carboxylic acids is 1. The zero-order valence-electron chi connectivity index (χ0n) is 6.47. The minimum atomic E-state index is -1.66. The van der Waals surface area contributed by atoms with Gasteiger partial charge in [-0.25, -0.2) is 4.39 Å². The minimum Gasteiger partial charge on any atom is -0.545 e. The van der Waals surface area contributed by atoms with Gasteiger partial charge in [-0.2, -0.15) is 5.26 Å². The molecule has 1 aromatic carbocycles. The molecule has 0 aliphatic heterocycles. The second-order valence-electron chi connectivity index (χ2n) is 2.31. The summed E-state index contributed by atoms with van der Waals surface area (Å²) in [5.41, 5.74) is -1.00. The molecule has 0 spiro atoms. The second kappa shape index (κ2) is 3.82. The Bertz CT molecular complexity index is 454. The van der Waals surface area contributed by atoms with Crippen LogP contribution in [0.2, 0.25) is 10.0 Å². The van der Waals surface area contributed by atoms with Crippen molar-refractivity contribution >= 4 is 29.2 Å². The topological polar surface area (TPSA) is 63.9 Å². The zero-order chi connectivity index (χ0) is 10.9. The molecular weight excluding hydrogens is 232 g/mol. The standard InChI is InChI=1S/C8H2Cl2FNO2/c9-6-3(8(13)14)1-5(11)7(10)4(6)2-12/h1H,(H,13,14)/p-1. The SMILES string of the molecule is N#Cc1c(Cl)c(F)cc(C(=O)[O-])c1Cl. The lowest BCUT2D eigenvalue weighted by Gasteiger charge is -2.08. The molecule has 1 aromatic rings. The average molecular weight is 233 g/mol. The maximum atomic E-state index is 12.9. The molecule has 0 N–H and O–H groups in total. The van der Waals surface area contributed by atoms with Crippen LogP contribution < -0.4 is 5.11 Å². The quantitative estimate of drug-likeness (QED) is 0.688. The van der Waals surface area contributed by atoms with Gasteiger partial charge in [-0.15, -0.1) is 0 Å². The Morgan fingerprint density at radius 2 is 2.07 bits per heavy atom. The summed E-state index contributed by atoms with van der Waals surface area (Å²) in [7, 11) is 0. The first-order valence-corrected chi connectivity index (χ1v) is 4.03. The first-order chi connectivity index (χ1) is 6.49. The monoisotopic (exact) mass is 232 g/mol. The van der Waals surface area contributed by atoms with E-state index in [0.717, 1.165) is 0 Å². The lowest BCUT2D eigenvalue weighted by molar-refractivity contribution is -0.255. The van der Waals surface area contributed by atoms with Crippen LogP contribution in [0.3, 0.4) is 0 Å². The van der Waals surface area contributed by atoms with Crippen molar-refractivity contribution in [2.24, 2.45) is 0 Å². The summed E-state index contributed by atoms with van der Waals surface area (Å²) in [4.78, 5) is 10.4. The van der Waals surface area contributed by atoms with Crippen LogP contribution in [0.25, 0.3) is 0 Å². The predicted octanol–water partition coefficient (Wildman–Crippen LogP) is 1.37. The van der Waals surface area contributed by atoms with E-state index in [2.05, 4.69) is 0 Å². The molecule has 3 nitrogen and oxygen atoms in total. The van der Waals surface area contributed by atoms with E-state index in [1.807, 2.05) is 0 Å². The average Bonchev–Trinajstić information content (AvgIpc) is 2.12. The molecule has 14 heavy (non-hydrogen) atoms. The second-order valence-corrected chi connectivity index (χ2v) is 3.06. The molecule has 0 fully saturated rings. The van der Waals surface area contributed by atoms with Crippen LogP contribution in [0.1, 0.15) is 15.9 Å². The number of carboxylic acids is 1. The number of nitrogens with zero attached hydrogens (tertiary/aromatic N) is 1. The number of hydrogen-bond donors (Lipinski definition) is 0. The Hall–Kier alpha value is -1.31. The predicted molar refractivity (Wildman–Crippen MR) is 45.5 cm³/mol. The van der Waals surface area contributed by atoms with Crippen LogP contribution >= 0.6 is 23.2 Å². The number of hydrogen-bond acceptors (Lipinski definition) is 3. The van der Waals surface area contributed by atoms with Crippen LogP contribution in [-0.2, 0) is 0 Å². The van der Waals surface area contributed by atoms with E-state index in [1.165, 1.54) is 6.07 Å². The maximum Gasteiger partial charge on any atom is 0.143 e. The van der Waals surface area contributed by atoms with Gasteiger partial charge in [0.05, 0.1) is 21.6 Å². The summed E-state index contributed by atoms with van der Waals surface area (Å²) in [5, 5.41) is 18.1. The number of carbonyl (C=O) groups is 1. The summed E-state index contributed by atoms with van der Waals surface area (Å²) in [5.74, 6) is -2.69. The van der Waals surface area contributed by atoms with Crippen LogP contribution in [0.4, 0.5) is 4.39 Å². The van der Waals surface area contributed by atoms with Crippen LogP contribution in [0.15, 0.2) is 6.07 Å². The molecule has 0 atom stereocenters. The summed E-state index contributed by atoms with van der Waals surface area (Å²) < 4.78 is 12.9.